The number of aliphatic hydroxyl groups is 1. The number of fused-ring (bicyclic) bond motifs is 1. The highest BCUT2D eigenvalue weighted by molar-refractivity contribution is 5.85. The maximum absolute atomic E-state index is 10.9. The Labute approximate surface area is 182 Å². The quantitative estimate of drug-likeness (QED) is 0.542. The van der Waals surface area contributed by atoms with Crippen LogP contribution in [0.1, 0.15) is 50.8 Å². The van der Waals surface area contributed by atoms with Crippen LogP contribution < -0.4 is 10.5 Å². The molecule has 2 fully saturated rings. The molecule has 3 N–H and O–H groups in total. The summed E-state index contributed by atoms with van der Waals surface area (Å²) in [5.41, 5.74) is 8.29. The minimum atomic E-state index is -0.608. The number of unbranched alkanes of at least 4 members (excludes halogenated alkanes) is 1. The molecule has 0 spiro atoms. The van der Waals surface area contributed by atoms with Crippen molar-refractivity contribution in [3.63, 3.8) is 0 Å². The lowest BCUT2D eigenvalue weighted by atomic mass is 9.70. The number of rotatable bonds is 8. The van der Waals surface area contributed by atoms with E-state index in [1.807, 2.05) is 30.5 Å². The van der Waals surface area contributed by atoms with Gasteiger partial charge in [0, 0.05) is 30.4 Å². The Kier molecular flexibility index (Phi) is 5.32. The van der Waals surface area contributed by atoms with Gasteiger partial charge in [-0.05, 0) is 50.9 Å². The van der Waals surface area contributed by atoms with Gasteiger partial charge >= 0.3 is 0 Å². The minimum absolute atomic E-state index is 0.207. The number of nitrogen functional groups attached to an aromatic ring is 1. The number of benzene rings is 1. The molecule has 31 heavy (non-hydrogen) atoms. The molecule has 1 saturated carbocycles. The number of β-amino-alcohol motifs (C(OH)–C–C–N with tert-alkyl or cyclic N) is 1. The van der Waals surface area contributed by atoms with Gasteiger partial charge in [-0.1, -0.05) is 25.5 Å². The number of imidazole rings is 1. The van der Waals surface area contributed by atoms with Crippen LogP contribution in [0.3, 0.4) is 0 Å². The summed E-state index contributed by atoms with van der Waals surface area (Å²) in [5.74, 6) is 2.45. The Balaban J connectivity index is 1.44. The molecule has 1 saturated heterocycles. The molecule has 1 aliphatic carbocycles. The van der Waals surface area contributed by atoms with Crippen molar-refractivity contribution in [2.75, 3.05) is 32.0 Å². The molecule has 7 heteroatoms. The normalized spacial score (nSPS) is 23.5. The van der Waals surface area contributed by atoms with Gasteiger partial charge in [-0.2, -0.15) is 0 Å². The van der Waals surface area contributed by atoms with E-state index in [0.29, 0.717) is 12.4 Å². The van der Waals surface area contributed by atoms with Crippen LogP contribution in [0.15, 0.2) is 36.7 Å². The van der Waals surface area contributed by atoms with Crippen LogP contribution in [0.25, 0.3) is 16.8 Å². The molecule has 2 aliphatic rings. The summed E-state index contributed by atoms with van der Waals surface area (Å²) < 4.78 is 7.95. The van der Waals surface area contributed by atoms with Gasteiger partial charge in [0.2, 0.25) is 0 Å². The lowest BCUT2D eigenvalue weighted by Gasteiger charge is -2.47. The maximum Gasteiger partial charge on any atom is 0.150 e. The number of aromatic nitrogens is 3. The molecule has 7 nitrogen and oxygen atoms in total. The summed E-state index contributed by atoms with van der Waals surface area (Å²) in [6.45, 7) is 5.82. The fraction of sp³-hybridized carbons (Fsp3) is 0.500. The second kappa shape index (κ2) is 8.13. The van der Waals surface area contributed by atoms with Crippen LogP contribution in [-0.4, -0.2) is 56.2 Å². The molecular formula is C24H31N5O2. The fourth-order valence-corrected chi connectivity index (χ4v) is 4.77. The minimum Gasteiger partial charge on any atom is -0.494 e. The van der Waals surface area contributed by atoms with Crippen molar-refractivity contribution in [1.29, 1.82) is 0 Å². The molecule has 164 valence electrons. The lowest BCUT2D eigenvalue weighted by Crippen LogP contribution is -2.54. The summed E-state index contributed by atoms with van der Waals surface area (Å²) in [4.78, 5) is 11.7. The molecule has 0 radical (unpaired) electrons. The number of hydrogen-bond acceptors (Lipinski definition) is 6. The molecule has 0 unspecified atom stereocenters. The van der Waals surface area contributed by atoms with E-state index in [1.54, 1.807) is 6.20 Å². The summed E-state index contributed by atoms with van der Waals surface area (Å²) in [6.07, 6.45) is 8.46. The molecule has 5 rings (SSSR count). The van der Waals surface area contributed by atoms with Gasteiger partial charge in [0.25, 0.3) is 0 Å². The van der Waals surface area contributed by atoms with Crippen LogP contribution in [0, 0.1) is 0 Å². The Morgan fingerprint density at radius 1 is 1.29 bits per heavy atom. The molecule has 1 aliphatic heterocycles. The third-order valence-corrected chi connectivity index (χ3v) is 6.57. The van der Waals surface area contributed by atoms with Crippen molar-refractivity contribution in [3.8, 4) is 17.0 Å². The van der Waals surface area contributed by atoms with E-state index < -0.39 is 5.60 Å². The lowest BCUT2D eigenvalue weighted by molar-refractivity contribution is -0.0835. The van der Waals surface area contributed by atoms with Crippen molar-refractivity contribution in [1.82, 2.24) is 19.3 Å². The van der Waals surface area contributed by atoms with E-state index in [4.69, 9.17) is 15.5 Å². The van der Waals surface area contributed by atoms with Gasteiger partial charge in [-0.25, -0.2) is 9.97 Å². The van der Waals surface area contributed by atoms with Gasteiger partial charge in [0.15, 0.2) is 0 Å². The predicted octanol–water partition coefficient (Wildman–Crippen LogP) is 3.47. The number of nitrogens with two attached hydrogens (primary N) is 1. The van der Waals surface area contributed by atoms with Crippen LogP contribution in [0.2, 0.25) is 0 Å². The number of nitrogens with zero attached hydrogens (tertiary/aromatic N) is 4. The maximum atomic E-state index is 10.9. The highest BCUT2D eigenvalue weighted by atomic mass is 16.5. The van der Waals surface area contributed by atoms with Gasteiger partial charge in [-0.15, -0.1) is 0 Å². The Morgan fingerprint density at radius 2 is 2.13 bits per heavy atom. The average molecular weight is 422 g/mol. The molecule has 3 aromatic rings. The average Bonchev–Trinajstić information content (AvgIpc) is 3.10. The van der Waals surface area contributed by atoms with Crippen LogP contribution >= 0.6 is 0 Å². The zero-order chi connectivity index (χ0) is 21.4. The Morgan fingerprint density at radius 3 is 2.87 bits per heavy atom. The van der Waals surface area contributed by atoms with Gasteiger partial charge in [0.05, 0.1) is 12.2 Å². The van der Waals surface area contributed by atoms with Crippen LogP contribution in [0.4, 0.5) is 5.82 Å². The second-order valence-electron chi connectivity index (χ2n) is 9.04. The summed E-state index contributed by atoms with van der Waals surface area (Å²) >= 11 is 0. The zero-order valence-corrected chi connectivity index (χ0v) is 18.1. The van der Waals surface area contributed by atoms with E-state index in [9.17, 15) is 5.11 Å². The molecule has 1 aromatic carbocycles. The standard InChI is InChI=1S/C24H31N5O2/c1-2-3-12-31-19-7-4-6-17(13-19)20-21-22(25)26-8-11-29(21)23(27-20)18-14-24(30,15-18)16-28-9-5-10-28/h4,6-8,11,13,18,30H,2-3,5,9-10,12,14-16H2,1H3,(H2,25,26)/t18-,24+. The molecule has 2 aromatic heterocycles. The van der Waals surface area contributed by atoms with E-state index >= 15 is 0 Å². The fourth-order valence-electron chi connectivity index (χ4n) is 4.77. The smallest absolute Gasteiger partial charge is 0.150 e. The third kappa shape index (κ3) is 3.88. The van der Waals surface area contributed by atoms with Gasteiger partial charge < -0.3 is 20.5 Å². The Hall–Kier alpha value is -2.64. The molecule has 0 bridgehead atoms. The molecule has 0 amide bonds. The highest BCUT2D eigenvalue weighted by Gasteiger charge is 2.46. The first-order chi connectivity index (χ1) is 15.1. The number of hydrogen-bond donors (Lipinski definition) is 2. The first-order valence-corrected chi connectivity index (χ1v) is 11.4. The zero-order valence-electron chi connectivity index (χ0n) is 18.1. The van der Waals surface area contributed by atoms with E-state index in [0.717, 1.165) is 73.7 Å². The molecule has 0 atom stereocenters. The van der Waals surface area contributed by atoms with Crippen molar-refractivity contribution < 1.29 is 9.84 Å². The first-order valence-electron chi connectivity index (χ1n) is 11.4. The topological polar surface area (TPSA) is 88.9 Å². The summed E-state index contributed by atoms with van der Waals surface area (Å²) in [5, 5.41) is 10.9. The van der Waals surface area contributed by atoms with Crippen LogP contribution in [-0.2, 0) is 0 Å². The number of anilines is 1. The van der Waals surface area contributed by atoms with Gasteiger partial charge in [0.1, 0.15) is 28.6 Å². The molecule has 3 heterocycles. The second-order valence-corrected chi connectivity index (χ2v) is 9.04. The monoisotopic (exact) mass is 421 g/mol. The van der Waals surface area contributed by atoms with Crippen molar-refractivity contribution in [2.24, 2.45) is 0 Å². The SMILES string of the molecule is CCCCOc1cccc(-c2nc([C@H]3C[C@](O)(CN4CCC4)C3)n3ccnc(N)c23)c1. The number of ether oxygens (including phenoxy) is 1. The van der Waals surface area contributed by atoms with E-state index in [1.165, 1.54) is 6.42 Å². The Bertz CT molecular complexity index is 1070. The number of likely N-dealkylation sites (tertiary alicyclic amines) is 1. The van der Waals surface area contributed by atoms with Gasteiger partial charge in [-0.3, -0.25) is 4.40 Å². The van der Waals surface area contributed by atoms with E-state index in [-0.39, 0.29) is 5.92 Å². The highest BCUT2D eigenvalue weighted by Crippen LogP contribution is 2.46. The first kappa shape index (κ1) is 20.3. The van der Waals surface area contributed by atoms with Crippen molar-refractivity contribution in [3.05, 3.63) is 42.5 Å². The summed E-state index contributed by atoms with van der Waals surface area (Å²) in [7, 11) is 0. The molecular weight excluding hydrogens is 390 g/mol. The van der Waals surface area contributed by atoms with Crippen molar-refractivity contribution >= 4 is 11.3 Å². The third-order valence-electron chi connectivity index (χ3n) is 6.57. The summed E-state index contributed by atoms with van der Waals surface area (Å²) in [6, 6.07) is 8.02. The van der Waals surface area contributed by atoms with Crippen LogP contribution in [0.5, 0.6) is 5.75 Å². The predicted molar refractivity (Wildman–Crippen MR) is 121 cm³/mol. The largest absolute Gasteiger partial charge is 0.494 e. The van der Waals surface area contributed by atoms with Crippen molar-refractivity contribution in [2.45, 2.75) is 50.5 Å². The van der Waals surface area contributed by atoms with E-state index in [2.05, 4.69) is 21.2 Å².